The van der Waals surface area contributed by atoms with E-state index < -0.39 is 14.9 Å². The van der Waals surface area contributed by atoms with Crippen LogP contribution >= 0.6 is 0 Å². The first kappa shape index (κ1) is 17.3. The van der Waals surface area contributed by atoms with Crippen LogP contribution in [0.2, 0.25) is 0 Å². The minimum absolute atomic E-state index is 0.0453. The molecule has 1 fully saturated rings. The molecule has 1 aliphatic rings. The van der Waals surface area contributed by atoms with Gasteiger partial charge < -0.3 is 4.90 Å². The predicted molar refractivity (Wildman–Crippen MR) is 93.0 cm³/mol. The Bertz CT molecular complexity index is 878. The number of nitro groups is 1. The fraction of sp³-hybridized carbons (Fsp3) is 0.312. The van der Waals surface area contributed by atoms with E-state index in [9.17, 15) is 18.5 Å². The lowest BCUT2D eigenvalue weighted by Crippen LogP contribution is -2.48. The van der Waals surface area contributed by atoms with Crippen LogP contribution in [0.4, 0.5) is 11.5 Å². The maximum absolute atomic E-state index is 12.8. The Morgan fingerprint density at radius 3 is 2.44 bits per heavy atom. The van der Waals surface area contributed by atoms with Crippen molar-refractivity contribution in [3.63, 3.8) is 0 Å². The molecule has 2 aromatic rings. The Hall–Kier alpha value is -2.52. The number of hydrogen-bond donors (Lipinski definition) is 0. The summed E-state index contributed by atoms with van der Waals surface area (Å²) in [6, 6.07) is 9.62. The molecular weight excluding hydrogens is 344 g/mol. The van der Waals surface area contributed by atoms with Crippen LogP contribution in [0.25, 0.3) is 0 Å². The minimum atomic E-state index is -3.76. The maximum atomic E-state index is 12.8. The average Bonchev–Trinajstić information content (AvgIpc) is 2.62. The Kier molecular flexibility index (Phi) is 4.69. The molecule has 1 aromatic heterocycles. The Labute approximate surface area is 145 Å². The number of anilines is 1. The lowest BCUT2D eigenvalue weighted by Gasteiger charge is -2.34. The van der Waals surface area contributed by atoms with Gasteiger partial charge in [0.2, 0.25) is 10.0 Å². The summed E-state index contributed by atoms with van der Waals surface area (Å²) in [5, 5.41) is 11.1. The second-order valence-corrected chi connectivity index (χ2v) is 7.72. The van der Waals surface area contributed by atoms with Crippen LogP contribution in [-0.2, 0) is 10.0 Å². The van der Waals surface area contributed by atoms with Crippen LogP contribution in [0.1, 0.15) is 5.56 Å². The summed E-state index contributed by atoms with van der Waals surface area (Å²) >= 11 is 0. The van der Waals surface area contributed by atoms with Crippen LogP contribution in [0, 0.1) is 17.0 Å². The zero-order valence-corrected chi connectivity index (χ0v) is 14.5. The van der Waals surface area contributed by atoms with E-state index in [-0.39, 0.29) is 10.6 Å². The van der Waals surface area contributed by atoms with E-state index in [2.05, 4.69) is 4.98 Å². The molecule has 0 spiro atoms. The molecule has 0 N–H and O–H groups in total. The average molecular weight is 362 g/mol. The fourth-order valence-electron chi connectivity index (χ4n) is 2.79. The highest BCUT2D eigenvalue weighted by molar-refractivity contribution is 7.89. The van der Waals surface area contributed by atoms with Gasteiger partial charge in [-0.25, -0.2) is 13.4 Å². The second kappa shape index (κ2) is 6.77. The molecule has 132 valence electrons. The van der Waals surface area contributed by atoms with E-state index in [1.54, 1.807) is 13.1 Å². The Morgan fingerprint density at radius 2 is 1.84 bits per heavy atom. The molecule has 0 bridgehead atoms. The zero-order chi connectivity index (χ0) is 18.0. The van der Waals surface area contributed by atoms with Crippen molar-refractivity contribution in [2.75, 3.05) is 31.1 Å². The first-order valence-corrected chi connectivity index (χ1v) is 9.25. The maximum Gasteiger partial charge on any atom is 0.273 e. The predicted octanol–water partition coefficient (Wildman–Crippen LogP) is 1.81. The summed E-state index contributed by atoms with van der Waals surface area (Å²) in [4.78, 5) is 16.7. The van der Waals surface area contributed by atoms with E-state index in [1.165, 1.54) is 16.4 Å². The normalized spacial score (nSPS) is 16.0. The third-order valence-corrected chi connectivity index (χ3v) is 6.12. The van der Waals surface area contributed by atoms with Gasteiger partial charge in [-0.2, -0.15) is 4.31 Å². The van der Waals surface area contributed by atoms with Gasteiger partial charge in [-0.05, 0) is 25.1 Å². The van der Waals surface area contributed by atoms with Gasteiger partial charge in [0.15, 0.2) is 0 Å². The van der Waals surface area contributed by atoms with Crippen LogP contribution in [0.5, 0.6) is 0 Å². The summed E-state index contributed by atoms with van der Waals surface area (Å²) in [6.45, 7) is 3.23. The largest absolute Gasteiger partial charge is 0.354 e. The summed E-state index contributed by atoms with van der Waals surface area (Å²) in [6.07, 6.45) is 1.70. The number of piperazine rings is 1. The van der Waals surface area contributed by atoms with Crippen LogP contribution in [0.3, 0.4) is 0 Å². The number of benzene rings is 1. The molecule has 1 aromatic carbocycles. The number of hydrogen-bond acceptors (Lipinski definition) is 6. The quantitative estimate of drug-likeness (QED) is 0.608. The molecule has 25 heavy (non-hydrogen) atoms. The van der Waals surface area contributed by atoms with E-state index in [0.717, 1.165) is 11.9 Å². The van der Waals surface area contributed by atoms with E-state index >= 15 is 0 Å². The first-order chi connectivity index (χ1) is 11.9. The number of aryl methyl sites for hydroxylation is 1. The van der Waals surface area contributed by atoms with E-state index in [4.69, 9.17) is 0 Å². The number of nitro benzene ring substituents is 1. The molecule has 3 rings (SSSR count). The lowest BCUT2D eigenvalue weighted by molar-refractivity contribution is -0.385. The molecule has 2 heterocycles. The van der Waals surface area contributed by atoms with Crippen molar-refractivity contribution in [3.05, 3.63) is 58.3 Å². The minimum Gasteiger partial charge on any atom is -0.354 e. The molecule has 0 aliphatic carbocycles. The number of sulfonamides is 1. The molecule has 0 saturated carbocycles. The molecule has 0 unspecified atom stereocenters. The summed E-state index contributed by atoms with van der Waals surface area (Å²) in [5.74, 6) is 0.811. The van der Waals surface area contributed by atoms with Gasteiger partial charge in [-0.15, -0.1) is 0 Å². The van der Waals surface area contributed by atoms with Crippen molar-refractivity contribution in [1.29, 1.82) is 0 Å². The van der Waals surface area contributed by atoms with Crippen molar-refractivity contribution in [1.82, 2.24) is 9.29 Å². The number of aromatic nitrogens is 1. The highest BCUT2D eigenvalue weighted by atomic mass is 32.2. The number of rotatable bonds is 4. The van der Waals surface area contributed by atoms with Gasteiger partial charge in [0, 0.05) is 44.0 Å². The van der Waals surface area contributed by atoms with Crippen LogP contribution < -0.4 is 4.90 Å². The van der Waals surface area contributed by atoms with Gasteiger partial charge in [-0.1, -0.05) is 12.1 Å². The standard InChI is InChI=1S/C16H18N4O4S/c1-13-5-6-14(12-15(13)20(21)22)25(23,24)19-10-8-18(9-11-19)16-4-2-3-7-17-16/h2-7,12H,8-11H2,1H3. The van der Waals surface area contributed by atoms with Gasteiger partial charge in [0.1, 0.15) is 5.82 Å². The Balaban J connectivity index is 1.78. The smallest absolute Gasteiger partial charge is 0.273 e. The molecule has 0 radical (unpaired) electrons. The molecule has 0 atom stereocenters. The van der Waals surface area contributed by atoms with Gasteiger partial charge in [0.05, 0.1) is 9.82 Å². The third kappa shape index (κ3) is 3.47. The van der Waals surface area contributed by atoms with Gasteiger partial charge in [0.25, 0.3) is 5.69 Å². The van der Waals surface area contributed by atoms with Gasteiger partial charge in [-0.3, -0.25) is 10.1 Å². The van der Waals surface area contributed by atoms with Crippen molar-refractivity contribution >= 4 is 21.5 Å². The third-order valence-electron chi connectivity index (χ3n) is 4.23. The van der Waals surface area contributed by atoms with Crippen LogP contribution in [0.15, 0.2) is 47.5 Å². The number of nitrogens with zero attached hydrogens (tertiary/aromatic N) is 4. The van der Waals surface area contributed by atoms with Crippen LogP contribution in [-0.4, -0.2) is 48.8 Å². The zero-order valence-electron chi connectivity index (χ0n) is 13.7. The highest BCUT2D eigenvalue weighted by Crippen LogP contribution is 2.25. The first-order valence-electron chi connectivity index (χ1n) is 7.81. The summed E-state index contributed by atoms with van der Waals surface area (Å²) in [7, 11) is -3.76. The second-order valence-electron chi connectivity index (χ2n) is 5.78. The topological polar surface area (TPSA) is 96.7 Å². The summed E-state index contributed by atoms with van der Waals surface area (Å²) < 4.78 is 26.9. The van der Waals surface area contributed by atoms with E-state index in [0.29, 0.717) is 31.7 Å². The van der Waals surface area contributed by atoms with Crippen molar-refractivity contribution in [3.8, 4) is 0 Å². The monoisotopic (exact) mass is 362 g/mol. The molecule has 9 heteroatoms. The highest BCUT2D eigenvalue weighted by Gasteiger charge is 2.30. The summed E-state index contributed by atoms with van der Waals surface area (Å²) in [5.41, 5.74) is 0.247. The molecule has 0 amide bonds. The molecular formula is C16H18N4O4S. The van der Waals surface area contributed by atoms with Crippen molar-refractivity contribution in [2.45, 2.75) is 11.8 Å². The van der Waals surface area contributed by atoms with Gasteiger partial charge >= 0.3 is 0 Å². The van der Waals surface area contributed by atoms with Crippen molar-refractivity contribution < 1.29 is 13.3 Å². The SMILES string of the molecule is Cc1ccc(S(=O)(=O)N2CCN(c3ccccn3)CC2)cc1[N+](=O)[O-]. The fourth-order valence-corrected chi connectivity index (χ4v) is 4.24. The molecule has 1 aliphatic heterocycles. The number of pyridine rings is 1. The Morgan fingerprint density at radius 1 is 1.12 bits per heavy atom. The molecule has 1 saturated heterocycles. The lowest BCUT2D eigenvalue weighted by atomic mass is 10.2. The van der Waals surface area contributed by atoms with E-state index in [1.807, 2.05) is 23.1 Å². The van der Waals surface area contributed by atoms with Crippen molar-refractivity contribution in [2.24, 2.45) is 0 Å². The molecule has 8 nitrogen and oxygen atoms in total.